The van der Waals surface area contributed by atoms with Crippen molar-refractivity contribution in [1.82, 2.24) is 0 Å². The van der Waals surface area contributed by atoms with Gasteiger partial charge in [0.05, 0.1) is 49.8 Å². The van der Waals surface area contributed by atoms with Crippen molar-refractivity contribution in [2.45, 2.75) is 248 Å². The molecule has 30 atom stereocenters. The molecule has 0 aromatic heterocycles. The van der Waals surface area contributed by atoms with E-state index in [0.717, 1.165) is 19.3 Å². The minimum atomic E-state index is -1.70. The highest BCUT2D eigenvalue weighted by molar-refractivity contribution is 5.23. The van der Waals surface area contributed by atoms with Gasteiger partial charge in [-0.05, 0) is 129 Å². The predicted octanol–water partition coefficient (Wildman–Crippen LogP) is -1.24. The number of ether oxygens (including phenoxy) is 8. The number of aliphatic hydroxyl groups excluding tert-OH is 13. The van der Waals surface area contributed by atoms with Crippen molar-refractivity contribution in [3.05, 3.63) is 0 Å². The summed E-state index contributed by atoms with van der Waals surface area (Å²) < 4.78 is 50.1. The fourth-order valence-corrected chi connectivity index (χ4v) is 17.7. The standard InChI is InChI=1S/C52H88O21/c1-21-32(57)36(61)39(64)44(68-21)72-41-34(59)25(56)20-67-46(41)71-30-13-15-50(7)29-11-10-28-49(6)14-12-22(48(4,5)73-45-40(65)37(62)35(60)27(18-53)70-45)31(49)23(54)16-51(28,8)52(29,9)17-26(42(50)47(30,2)3)69-43-38(63)33(58)24(55)19-66-43/h21-46,53-65H,10-20H2,1-9H3. The Bertz CT molecular complexity index is 1930. The SMILES string of the molecule is CC1OC(OC2C(OC3CCC4(C)C(C(OC5OCC(O)C(O)C5O)CC5(C)C4CCC4C6(C)CCC(C(C)(C)OC7OC(CO)C(O)C(O)C7O)C6C(O)CC45C)C3(C)C)OCC(O)C2O)C(O)C(O)C1O. The summed E-state index contributed by atoms with van der Waals surface area (Å²) in [4.78, 5) is 0. The normalized spacial score (nSPS) is 57.3. The first-order valence-electron chi connectivity index (χ1n) is 26.9. The van der Waals surface area contributed by atoms with E-state index < -0.39 is 163 Å². The zero-order chi connectivity index (χ0) is 53.4. The first-order valence-corrected chi connectivity index (χ1v) is 26.9. The van der Waals surface area contributed by atoms with Crippen molar-refractivity contribution in [1.29, 1.82) is 0 Å². The smallest absolute Gasteiger partial charge is 0.187 e. The number of rotatable bonds is 10. The van der Waals surface area contributed by atoms with Crippen LogP contribution in [0.1, 0.15) is 114 Å². The maximum atomic E-state index is 12.8. The lowest BCUT2D eigenvalue weighted by molar-refractivity contribution is -0.371. The van der Waals surface area contributed by atoms with Crippen LogP contribution in [-0.4, -0.2) is 221 Å². The van der Waals surface area contributed by atoms with Crippen molar-refractivity contribution in [3.63, 3.8) is 0 Å². The molecule has 0 radical (unpaired) electrons. The lowest BCUT2D eigenvalue weighted by atomic mass is 9.31. The second-order valence-corrected chi connectivity index (χ2v) is 26.0. The molecule has 4 aliphatic heterocycles. The highest BCUT2D eigenvalue weighted by atomic mass is 16.8. The van der Waals surface area contributed by atoms with Crippen LogP contribution in [0.25, 0.3) is 0 Å². The van der Waals surface area contributed by atoms with Crippen LogP contribution in [0.15, 0.2) is 0 Å². The number of hydrogen-bond acceptors (Lipinski definition) is 21. The zero-order valence-electron chi connectivity index (χ0n) is 43.9. The molecule has 0 amide bonds. The molecule has 5 saturated carbocycles. The lowest BCUT2D eigenvalue weighted by Gasteiger charge is -2.75. The Morgan fingerprint density at radius 2 is 1.10 bits per heavy atom. The third-order valence-corrected chi connectivity index (χ3v) is 21.5. The van der Waals surface area contributed by atoms with Crippen molar-refractivity contribution in [2.24, 2.45) is 56.7 Å². The molecule has 21 heteroatoms. The van der Waals surface area contributed by atoms with E-state index in [0.29, 0.717) is 32.1 Å². The molecule has 73 heavy (non-hydrogen) atoms. The summed E-state index contributed by atoms with van der Waals surface area (Å²) in [5, 5.41) is 142. The van der Waals surface area contributed by atoms with Crippen LogP contribution in [0.4, 0.5) is 0 Å². The van der Waals surface area contributed by atoms with Crippen LogP contribution in [0.5, 0.6) is 0 Å². The largest absolute Gasteiger partial charge is 0.394 e. The highest BCUT2D eigenvalue weighted by Gasteiger charge is 2.75. The van der Waals surface area contributed by atoms with Gasteiger partial charge in [0.2, 0.25) is 0 Å². The summed E-state index contributed by atoms with van der Waals surface area (Å²) >= 11 is 0. The minimum absolute atomic E-state index is 0.0825. The summed E-state index contributed by atoms with van der Waals surface area (Å²) in [5.74, 6) is -0.542. The second kappa shape index (κ2) is 20.1. The van der Waals surface area contributed by atoms with E-state index in [9.17, 15) is 66.4 Å². The topological polar surface area (TPSA) is 337 Å². The summed E-state index contributed by atoms with van der Waals surface area (Å²) in [6.45, 7) is 17.6. The van der Waals surface area contributed by atoms with E-state index in [2.05, 4.69) is 41.5 Å². The fourth-order valence-electron chi connectivity index (χ4n) is 17.7. The second-order valence-electron chi connectivity index (χ2n) is 26.0. The first kappa shape index (κ1) is 56.9. The van der Waals surface area contributed by atoms with E-state index in [1.54, 1.807) is 0 Å². The quantitative estimate of drug-likeness (QED) is 0.114. The Morgan fingerprint density at radius 1 is 0.534 bits per heavy atom. The van der Waals surface area contributed by atoms with Crippen LogP contribution in [0.3, 0.4) is 0 Å². The lowest BCUT2D eigenvalue weighted by Crippen LogP contribution is -2.72. The summed E-state index contributed by atoms with van der Waals surface area (Å²) in [6, 6.07) is 0. The molecule has 0 aromatic rings. The molecule has 4 heterocycles. The summed E-state index contributed by atoms with van der Waals surface area (Å²) in [6.07, 6.45) is -22.5. The zero-order valence-corrected chi connectivity index (χ0v) is 43.9. The van der Waals surface area contributed by atoms with Crippen LogP contribution < -0.4 is 0 Å². The molecule has 422 valence electrons. The van der Waals surface area contributed by atoms with Gasteiger partial charge in [-0.1, -0.05) is 41.5 Å². The van der Waals surface area contributed by atoms with Crippen molar-refractivity contribution in [2.75, 3.05) is 19.8 Å². The molecule has 4 saturated heterocycles. The van der Waals surface area contributed by atoms with E-state index in [1.807, 2.05) is 13.8 Å². The van der Waals surface area contributed by atoms with E-state index in [4.69, 9.17) is 37.9 Å². The molecule has 30 unspecified atom stereocenters. The molecular weight excluding hydrogens is 961 g/mol. The molecule has 0 bridgehead atoms. The molecule has 9 aliphatic rings. The summed E-state index contributed by atoms with van der Waals surface area (Å²) in [7, 11) is 0. The van der Waals surface area contributed by atoms with Crippen LogP contribution in [-0.2, 0) is 37.9 Å². The van der Waals surface area contributed by atoms with Gasteiger partial charge in [-0.25, -0.2) is 0 Å². The van der Waals surface area contributed by atoms with Gasteiger partial charge in [-0.3, -0.25) is 0 Å². The van der Waals surface area contributed by atoms with Gasteiger partial charge in [0.25, 0.3) is 0 Å². The van der Waals surface area contributed by atoms with Gasteiger partial charge in [0.15, 0.2) is 25.2 Å². The fraction of sp³-hybridized carbons (Fsp3) is 1.00. The van der Waals surface area contributed by atoms with Crippen molar-refractivity contribution < 1.29 is 104 Å². The monoisotopic (exact) mass is 1050 g/mol. The molecule has 13 N–H and O–H groups in total. The maximum absolute atomic E-state index is 12.8. The number of hydrogen-bond donors (Lipinski definition) is 13. The van der Waals surface area contributed by atoms with Gasteiger partial charge in [-0.15, -0.1) is 0 Å². The van der Waals surface area contributed by atoms with Gasteiger partial charge < -0.3 is 104 Å². The Hall–Kier alpha value is -0.840. The number of aliphatic hydroxyl groups is 13. The molecule has 21 nitrogen and oxygen atoms in total. The van der Waals surface area contributed by atoms with Gasteiger partial charge in [0, 0.05) is 0 Å². The average molecular weight is 1050 g/mol. The molecule has 9 rings (SSSR count). The van der Waals surface area contributed by atoms with Crippen molar-refractivity contribution in [3.8, 4) is 0 Å². The minimum Gasteiger partial charge on any atom is -0.394 e. The van der Waals surface area contributed by atoms with E-state index in [-0.39, 0.29) is 48.2 Å². The Balaban J connectivity index is 1.01. The first-order chi connectivity index (χ1) is 34.0. The Labute approximate surface area is 428 Å². The number of fused-ring (bicyclic) bond motifs is 7. The van der Waals surface area contributed by atoms with Crippen molar-refractivity contribution >= 4 is 0 Å². The van der Waals surface area contributed by atoms with Gasteiger partial charge >= 0.3 is 0 Å². The van der Waals surface area contributed by atoms with Crippen LogP contribution >= 0.6 is 0 Å². The van der Waals surface area contributed by atoms with E-state index >= 15 is 0 Å². The van der Waals surface area contributed by atoms with Gasteiger partial charge in [-0.2, -0.15) is 0 Å². The third kappa shape index (κ3) is 9.03. The van der Waals surface area contributed by atoms with E-state index in [1.165, 1.54) is 6.92 Å². The predicted molar refractivity (Wildman–Crippen MR) is 252 cm³/mol. The van der Waals surface area contributed by atoms with Crippen LogP contribution in [0.2, 0.25) is 0 Å². The average Bonchev–Trinajstić information content (AvgIpc) is 3.70. The van der Waals surface area contributed by atoms with Gasteiger partial charge in [0.1, 0.15) is 79.4 Å². The molecular formula is C52H88O21. The molecule has 5 aliphatic carbocycles. The Kier molecular flexibility index (Phi) is 15.6. The molecule has 0 spiro atoms. The molecule has 0 aromatic carbocycles. The summed E-state index contributed by atoms with van der Waals surface area (Å²) in [5.41, 5.74) is -3.58. The maximum Gasteiger partial charge on any atom is 0.187 e. The van der Waals surface area contributed by atoms with Crippen LogP contribution in [0, 0.1) is 56.7 Å². The molecule has 9 fully saturated rings. The Morgan fingerprint density at radius 3 is 1.75 bits per heavy atom. The third-order valence-electron chi connectivity index (χ3n) is 21.5. The highest BCUT2D eigenvalue weighted by Crippen LogP contribution is 2.78.